The Morgan fingerprint density at radius 3 is 2.09 bits per heavy atom. The van der Waals surface area contributed by atoms with Crippen LogP contribution in [0.2, 0.25) is 0 Å². The standard InChI is InChI=1S/C22H29N3O6S2/c1-4-16(2)17-5-7-18(8-6-17)33(29,30)25-13-11-24(12-14-25)21-10-9-19(32(23,27)28)15-20(21)22(26)31-3/h5-10,15-16H,4,11-14H2,1-3H3,(H2,23,27,28). The van der Waals surface area contributed by atoms with E-state index < -0.39 is 26.0 Å². The molecule has 2 aromatic carbocycles. The lowest BCUT2D eigenvalue weighted by Crippen LogP contribution is -2.49. The number of hydrogen-bond donors (Lipinski definition) is 1. The van der Waals surface area contributed by atoms with Gasteiger partial charge in [-0.05, 0) is 48.2 Å². The van der Waals surface area contributed by atoms with Gasteiger partial charge < -0.3 is 9.64 Å². The van der Waals surface area contributed by atoms with Crippen LogP contribution in [-0.4, -0.2) is 60.4 Å². The number of ether oxygens (including phenoxy) is 1. The van der Waals surface area contributed by atoms with Crippen LogP contribution in [-0.2, 0) is 24.8 Å². The van der Waals surface area contributed by atoms with Crippen molar-refractivity contribution in [2.45, 2.75) is 36.0 Å². The van der Waals surface area contributed by atoms with Gasteiger partial charge in [0.15, 0.2) is 0 Å². The van der Waals surface area contributed by atoms with Gasteiger partial charge in [0.25, 0.3) is 0 Å². The Kier molecular flexibility index (Phi) is 7.47. The van der Waals surface area contributed by atoms with Crippen molar-refractivity contribution in [2.24, 2.45) is 5.14 Å². The highest BCUT2D eigenvalue weighted by atomic mass is 32.2. The van der Waals surface area contributed by atoms with Crippen LogP contribution < -0.4 is 10.0 Å². The highest BCUT2D eigenvalue weighted by molar-refractivity contribution is 7.89. The molecule has 0 spiro atoms. The molecule has 0 radical (unpaired) electrons. The molecule has 3 rings (SSSR count). The summed E-state index contributed by atoms with van der Waals surface area (Å²) >= 11 is 0. The van der Waals surface area contributed by atoms with E-state index in [2.05, 4.69) is 13.8 Å². The number of benzene rings is 2. The van der Waals surface area contributed by atoms with Crippen LogP contribution in [0.15, 0.2) is 52.3 Å². The van der Waals surface area contributed by atoms with Crippen molar-refractivity contribution in [3.63, 3.8) is 0 Å². The molecule has 0 saturated carbocycles. The number of esters is 1. The van der Waals surface area contributed by atoms with E-state index in [4.69, 9.17) is 9.88 Å². The predicted molar refractivity (Wildman–Crippen MR) is 125 cm³/mol. The van der Waals surface area contributed by atoms with Gasteiger partial charge in [-0.25, -0.2) is 26.8 Å². The summed E-state index contributed by atoms with van der Waals surface area (Å²) in [6.45, 7) is 5.26. The molecule has 9 nitrogen and oxygen atoms in total. The lowest BCUT2D eigenvalue weighted by Gasteiger charge is -2.36. The molecule has 11 heteroatoms. The fraction of sp³-hybridized carbons (Fsp3) is 0.409. The summed E-state index contributed by atoms with van der Waals surface area (Å²) in [5.74, 6) is -0.345. The van der Waals surface area contributed by atoms with Crippen molar-refractivity contribution in [3.8, 4) is 0 Å². The molecule has 180 valence electrons. The second-order valence-electron chi connectivity index (χ2n) is 7.99. The molecule has 1 aliphatic heterocycles. The van der Waals surface area contributed by atoms with Crippen molar-refractivity contribution in [2.75, 3.05) is 38.2 Å². The Morgan fingerprint density at radius 1 is 1.00 bits per heavy atom. The molecule has 1 saturated heterocycles. The number of carbonyl (C=O) groups is 1. The lowest BCUT2D eigenvalue weighted by atomic mass is 9.99. The minimum Gasteiger partial charge on any atom is -0.465 e. The van der Waals surface area contributed by atoms with E-state index in [1.807, 2.05) is 17.0 Å². The van der Waals surface area contributed by atoms with Gasteiger partial charge >= 0.3 is 5.97 Å². The zero-order valence-corrected chi connectivity index (χ0v) is 20.5. The van der Waals surface area contributed by atoms with Crippen LogP contribution in [0.1, 0.15) is 42.1 Å². The number of sulfonamides is 2. The largest absolute Gasteiger partial charge is 0.465 e. The van der Waals surface area contributed by atoms with Crippen LogP contribution in [0, 0.1) is 0 Å². The number of methoxy groups -OCH3 is 1. The fourth-order valence-electron chi connectivity index (χ4n) is 3.76. The highest BCUT2D eigenvalue weighted by Gasteiger charge is 2.30. The Morgan fingerprint density at radius 2 is 1.58 bits per heavy atom. The van der Waals surface area contributed by atoms with Gasteiger partial charge in [0.05, 0.1) is 28.2 Å². The summed E-state index contributed by atoms with van der Waals surface area (Å²) in [4.78, 5) is 14.1. The highest BCUT2D eigenvalue weighted by Crippen LogP contribution is 2.28. The second kappa shape index (κ2) is 9.80. The van der Waals surface area contributed by atoms with Gasteiger partial charge in [-0.3, -0.25) is 0 Å². The van der Waals surface area contributed by atoms with Gasteiger partial charge in [0.1, 0.15) is 0 Å². The molecule has 1 atom stereocenters. The average Bonchev–Trinajstić information content (AvgIpc) is 2.82. The summed E-state index contributed by atoms with van der Waals surface area (Å²) in [5, 5.41) is 5.18. The maximum absolute atomic E-state index is 13.1. The predicted octanol–water partition coefficient (Wildman–Crippen LogP) is 2.14. The monoisotopic (exact) mass is 495 g/mol. The molecule has 0 aliphatic carbocycles. The SMILES string of the molecule is CCC(C)c1ccc(S(=O)(=O)N2CCN(c3ccc(S(N)(=O)=O)cc3C(=O)OC)CC2)cc1. The zero-order chi connectivity index (χ0) is 24.4. The summed E-state index contributed by atoms with van der Waals surface area (Å²) in [6, 6.07) is 11.0. The molecule has 1 heterocycles. The second-order valence-corrected chi connectivity index (χ2v) is 11.5. The Bertz CT molecular complexity index is 1220. The van der Waals surface area contributed by atoms with E-state index in [-0.39, 0.29) is 28.4 Å². The minimum absolute atomic E-state index is 0.0564. The van der Waals surface area contributed by atoms with E-state index in [0.29, 0.717) is 24.7 Å². The van der Waals surface area contributed by atoms with Crippen molar-refractivity contribution < 1.29 is 26.4 Å². The van der Waals surface area contributed by atoms with Crippen molar-refractivity contribution >= 4 is 31.7 Å². The number of hydrogen-bond acceptors (Lipinski definition) is 7. The number of rotatable bonds is 7. The number of nitrogens with zero attached hydrogens (tertiary/aromatic N) is 2. The Labute approximate surface area is 195 Å². The van der Waals surface area contributed by atoms with Crippen molar-refractivity contribution in [3.05, 3.63) is 53.6 Å². The Hall–Kier alpha value is -2.47. The molecule has 1 unspecified atom stereocenters. The number of carbonyl (C=O) groups excluding carboxylic acids is 1. The van der Waals surface area contributed by atoms with Gasteiger partial charge in [0.2, 0.25) is 20.0 Å². The van der Waals surface area contributed by atoms with E-state index in [0.717, 1.165) is 12.0 Å². The van der Waals surface area contributed by atoms with Gasteiger partial charge in [0, 0.05) is 26.2 Å². The molecule has 2 aromatic rings. The fourth-order valence-corrected chi connectivity index (χ4v) is 5.73. The maximum atomic E-state index is 13.1. The first kappa shape index (κ1) is 25.2. The van der Waals surface area contributed by atoms with E-state index in [9.17, 15) is 21.6 Å². The lowest BCUT2D eigenvalue weighted by molar-refractivity contribution is 0.0601. The number of piperazine rings is 1. The summed E-state index contributed by atoms with van der Waals surface area (Å²) < 4.78 is 55.8. The molecular formula is C22H29N3O6S2. The van der Waals surface area contributed by atoms with Gasteiger partial charge in [-0.15, -0.1) is 0 Å². The molecule has 2 N–H and O–H groups in total. The molecule has 0 amide bonds. The average molecular weight is 496 g/mol. The first-order valence-electron chi connectivity index (χ1n) is 10.6. The molecule has 0 aromatic heterocycles. The summed E-state index contributed by atoms with van der Waals surface area (Å²) in [5.41, 5.74) is 1.62. The normalized spacial score (nSPS) is 16.4. The molecular weight excluding hydrogens is 466 g/mol. The molecule has 1 fully saturated rings. The quantitative estimate of drug-likeness (QED) is 0.583. The minimum atomic E-state index is -4.00. The summed E-state index contributed by atoms with van der Waals surface area (Å²) in [7, 11) is -6.45. The van der Waals surface area contributed by atoms with Crippen molar-refractivity contribution in [1.29, 1.82) is 0 Å². The first-order valence-corrected chi connectivity index (χ1v) is 13.6. The Balaban J connectivity index is 1.80. The third-order valence-corrected chi connectivity index (χ3v) is 8.80. The third kappa shape index (κ3) is 5.37. The van der Waals surface area contributed by atoms with Crippen LogP contribution in [0.4, 0.5) is 5.69 Å². The molecule has 1 aliphatic rings. The number of primary sulfonamides is 1. The van der Waals surface area contributed by atoms with Crippen LogP contribution in [0.5, 0.6) is 0 Å². The van der Waals surface area contributed by atoms with E-state index in [1.165, 1.54) is 29.6 Å². The van der Waals surface area contributed by atoms with Crippen molar-refractivity contribution in [1.82, 2.24) is 4.31 Å². The van der Waals surface area contributed by atoms with Crippen LogP contribution in [0.25, 0.3) is 0 Å². The van der Waals surface area contributed by atoms with E-state index in [1.54, 1.807) is 12.1 Å². The zero-order valence-electron chi connectivity index (χ0n) is 18.9. The van der Waals surface area contributed by atoms with Crippen LogP contribution >= 0.6 is 0 Å². The number of anilines is 1. The number of nitrogens with two attached hydrogens (primary N) is 1. The smallest absolute Gasteiger partial charge is 0.340 e. The van der Waals surface area contributed by atoms with E-state index >= 15 is 0 Å². The third-order valence-electron chi connectivity index (χ3n) is 5.98. The van der Waals surface area contributed by atoms with Gasteiger partial charge in [-0.1, -0.05) is 26.0 Å². The maximum Gasteiger partial charge on any atom is 0.340 e. The molecule has 33 heavy (non-hydrogen) atoms. The topological polar surface area (TPSA) is 127 Å². The summed E-state index contributed by atoms with van der Waals surface area (Å²) in [6.07, 6.45) is 0.972. The van der Waals surface area contributed by atoms with Gasteiger partial charge in [-0.2, -0.15) is 4.31 Å². The molecule has 0 bridgehead atoms. The van der Waals surface area contributed by atoms with Crippen LogP contribution in [0.3, 0.4) is 0 Å². The first-order chi connectivity index (χ1) is 15.5.